The smallest absolute Gasteiger partial charge is 0.225 e. The van der Waals surface area contributed by atoms with Crippen molar-refractivity contribution >= 4 is 17.5 Å². The Kier molecular flexibility index (Phi) is 5.54. The fraction of sp³-hybridized carbons (Fsp3) is 0.615. The zero-order valence-electron chi connectivity index (χ0n) is 11.4. The van der Waals surface area contributed by atoms with E-state index in [9.17, 15) is 4.79 Å². The lowest BCUT2D eigenvalue weighted by Crippen LogP contribution is -2.26. The number of carbonyl (C=O) groups excluding carboxylic acids is 1. The van der Waals surface area contributed by atoms with Crippen LogP contribution in [-0.4, -0.2) is 27.3 Å². The predicted octanol–water partition coefficient (Wildman–Crippen LogP) is 2.83. The van der Waals surface area contributed by atoms with Crippen molar-refractivity contribution in [3.63, 3.8) is 0 Å². The zero-order valence-corrected chi connectivity index (χ0v) is 12.2. The Balaban J connectivity index is 0.000000771. The van der Waals surface area contributed by atoms with Gasteiger partial charge < -0.3 is 4.90 Å². The van der Waals surface area contributed by atoms with E-state index in [-0.39, 0.29) is 17.1 Å². The van der Waals surface area contributed by atoms with Gasteiger partial charge in [0.25, 0.3) is 0 Å². The third kappa shape index (κ3) is 3.42. The van der Waals surface area contributed by atoms with Crippen LogP contribution in [0.15, 0.2) is 6.20 Å². The molecule has 0 aliphatic carbocycles. The number of halogens is 1. The fourth-order valence-electron chi connectivity index (χ4n) is 1.88. The number of aromatic nitrogens is 2. The summed E-state index contributed by atoms with van der Waals surface area (Å²) in [6.07, 6.45) is 2.63. The molecular weight excluding hydrogens is 250 g/mol. The van der Waals surface area contributed by atoms with E-state index in [1.54, 1.807) is 6.20 Å². The highest BCUT2D eigenvalue weighted by Gasteiger charge is 2.28. The van der Waals surface area contributed by atoms with Gasteiger partial charge in [-0.2, -0.15) is 0 Å². The second-order valence-electron chi connectivity index (χ2n) is 4.20. The van der Waals surface area contributed by atoms with Gasteiger partial charge in [-0.15, -0.1) is 0 Å². The van der Waals surface area contributed by atoms with Gasteiger partial charge in [-0.1, -0.05) is 20.8 Å². The van der Waals surface area contributed by atoms with Gasteiger partial charge in [0.05, 0.1) is 0 Å². The van der Waals surface area contributed by atoms with Crippen LogP contribution in [-0.2, 0) is 11.3 Å². The number of carbonyl (C=O) groups is 1. The Hall–Kier alpha value is -1.16. The van der Waals surface area contributed by atoms with Crippen LogP contribution in [0.1, 0.15) is 38.4 Å². The molecule has 5 heteroatoms. The molecule has 0 bridgehead atoms. The van der Waals surface area contributed by atoms with Crippen LogP contribution in [0, 0.1) is 12.8 Å². The Bertz CT molecular complexity index is 423. The minimum absolute atomic E-state index is 0.147. The van der Waals surface area contributed by atoms with E-state index >= 15 is 0 Å². The van der Waals surface area contributed by atoms with Crippen molar-refractivity contribution in [1.82, 2.24) is 14.9 Å². The number of nitrogens with zero attached hydrogens (tertiary/aromatic N) is 3. The molecule has 0 aromatic carbocycles. The first kappa shape index (κ1) is 14.9. The maximum Gasteiger partial charge on any atom is 0.225 e. The standard InChI is InChI=1S/C11H14ClN3O.C2H6/c1-7-3-4-15(10(7)16)6-9-5-13-11(12)14-8(9)2;1-2/h5,7H,3-4,6H2,1-2H3;1-2H3. The topological polar surface area (TPSA) is 46.1 Å². The molecule has 1 fully saturated rings. The zero-order chi connectivity index (χ0) is 13.7. The first-order valence-corrected chi connectivity index (χ1v) is 6.72. The molecule has 1 amide bonds. The van der Waals surface area contributed by atoms with Gasteiger partial charge in [-0.3, -0.25) is 4.79 Å². The molecule has 0 saturated carbocycles. The molecule has 0 N–H and O–H groups in total. The highest BCUT2D eigenvalue weighted by molar-refractivity contribution is 6.28. The lowest BCUT2D eigenvalue weighted by atomic mass is 10.1. The number of amides is 1. The summed E-state index contributed by atoms with van der Waals surface area (Å²) in [6.45, 7) is 9.26. The monoisotopic (exact) mass is 269 g/mol. The molecule has 2 rings (SSSR count). The molecule has 2 heterocycles. The Labute approximate surface area is 113 Å². The quantitative estimate of drug-likeness (QED) is 0.776. The molecule has 1 aliphatic rings. The Morgan fingerprint density at radius 1 is 1.50 bits per heavy atom. The van der Waals surface area contributed by atoms with E-state index < -0.39 is 0 Å². The van der Waals surface area contributed by atoms with Crippen molar-refractivity contribution in [3.05, 3.63) is 22.7 Å². The molecule has 0 radical (unpaired) electrons. The van der Waals surface area contributed by atoms with E-state index in [2.05, 4.69) is 9.97 Å². The number of rotatable bonds is 2. The third-order valence-electron chi connectivity index (χ3n) is 2.98. The molecule has 1 atom stereocenters. The minimum Gasteiger partial charge on any atom is -0.338 e. The van der Waals surface area contributed by atoms with Crippen molar-refractivity contribution in [2.24, 2.45) is 5.92 Å². The van der Waals surface area contributed by atoms with Crippen LogP contribution in [0.25, 0.3) is 0 Å². The Morgan fingerprint density at radius 3 is 2.67 bits per heavy atom. The summed E-state index contributed by atoms with van der Waals surface area (Å²) < 4.78 is 0. The molecule has 1 aliphatic heterocycles. The number of likely N-dealkylation sites (tertiary alicyclic amines) is 1. The molecule has 0 spiro atoms. The van der Waals surface area contributed by atoms with Crippen molar-refractivity contribution in [2.75, 3.05) is 6.54 Å². The van der Waals surface area contributed by atoms with Gasteiger partial charge in [0, 0.05) is 36.5 Å². The van der Waals surface area contributed by atoms with Crippen molar-refractivity contribution < 1.29 is 4.79 Å². The molecular formula is C13H20ClN3O. The fourth-order valence-corrected chi connectivity index (χ4v) is 2.05. The number of aryl methyl sites for hydroxylation is 1. The van der Waals surface area contributed by atoms with E-state index in [4.69, 9.17) is 11.6 Å². The van der Waals surface area contributed by atoms with Crippen LogP contribution in [0.3, 0.4) is 0 Å². The maximum absolute atomic E-state index is 11.7. The van der Waals surface area contributed by atoms with E-state index in [0.717, 1.165) is 24.2 Å². The van der Waals surface area contributed by atoms with Crippen LogP contribution in [0.2, 0.25) is 5.28 Å². The van der Waals surface area contributed by atoms with Crippen LogP contribution in [0.5, 0.6) is 0 Å². The van der Waals surface area contributed by atoms with Crippen LogP contribution < -0.4 is 0 Å². The molecule has 1 aromatic heterocycles. The third-order valence-corrected chi connectivity index (χ3v) is 3.16. The van der Waals surface area contributed by atoms with E-state index in [1.807, 2.05) is 32.6 Å². The average molecular weight is 270 g/mol. The molecule has 1 saturated heterocycles. The lowest BCUT2D eigenvalue weighted by molar-refractivity contribution is -0.131. The Morgan fingerprint density at radius 2 is 2.17 bits per heavy atom. The number of hydrogen-bond donors (Lipinski definition) is 0. The minimum atomic E-state index is 0.147. The lowest BCUT2D eigenvalue weighted by Gasteiger charge is -2.16. The summed E-state index contributed by atoms with van der Waals surface area (Å²) in [4.78, 5) is 21.6. The van der Waals surface area contributed by atoms with Gasteiger partial charge in [-0.05, 0) is 24.9 Å². The largest absolute Gasteiger partial charge is 0.338 e. The van der Waals surface area contributed by atoms with Crippen LogP contribution >= 0.6 is 11.6 Å². The summed E-state index contributed by atoms with van der Waals surface area (Å²) in [7, 11) is 0. The highest BCUT2D eigenvalue weighted by atomic mass is 35.5. The first-order chi connectivity index (χ1) is 8.58. The van der Waals surface area contributed by atoms with Crippen molar-refractivity contribution in [3.8, 4) is 0 Å². The van der Waals surface area contributed by atoms with Gasteiger partial charge in [0.15, 0.2) is 0 Å². The van der Waals surface area contributed by atoms with E-state index in [1.165, 1.54) is 0 Å². The highest BCUT2D eigenvalue weighted by Crippen LogP contribution is 2.20. The van der Waals surface area contributed by atoms with Crippen molar-refractivity contribution in [1.29, 1.82) is 0 Å². The van der Waals surface area contributed by atoms with Crippen LogP contribution in [0.4, 0.5) is 0 Å². The van der Waals surface area contributed by atoms with Gasteiger partial charge in [0.2, 0.25) is 11.2 Å². The second kappa shape index (κ2) is 6.69. The summed E-state index contributed by atoms with van der Waals surface area (Å²) in [6, 6.07) is 0. The van der Waals surface area contributed by atoms with Gasteiger partial charge in [0.1, 0.15) is 0 Å². The number of hydrogen-bond acceptors (Lipinski definition) is 3. The normalized spacial score (nSPS) is 18.6. The summed E-state index contributed by atoms with van der Waals surface area (Å²) in [5, 5.41) is 0.252. The molecule has 100 valence electrons. The average Bonchev–Trinajstić information content (AvgIpc) is 2.67. The molecule has 1 aromatic rings. The first-order valence-electron chi connectivity index (χ1n) is 6.34. The predicted molar refractivity (Wildman–Crippen MR) is 72.3 cm³/mol. The summed E-state index contributed by atoms with van der Waals surface area (Å²) in [5.74, 6) is 0.364. The maximum atomic E-state index is 11.7. The SMILES string of the molecule is CC.Cc1nc(Cl)ncc1CN1CCC(C)C1=O. The summed E-state index contributed by atoms with van der Waals surface area (Å²) in [5.41, 5.74) is 1.80. The molecule has 1 unspecified atom stereocenters. The molecule has 4 nitrogen and oxygen atoms in total. The molecule has 18 heavy (non-hydrogen) atoms. The van der Waals surface area contributed by atoms with Gasteiger partial charge >= 0.3 is 0 Å². The summed E-state index contributed by atoms with van der Waals surface area (Å²) >= 11 is 5.68. The van der Waals surface area contributed by atoms with Crippen molar-refractivity contribution in [2.45, 2.75) is 40.7 Å². The van der Waals surface area contributed by atoms with Gasteiger partial charge in [-0.25, -0.2) is 9.97 Å². The van der Waals surface area contributed by atoms with E-state index in [0.29, 0.717) is 6.54 Å². The second-order valence-corrected chi connectivity index (χ2v) is 4.54.